The standard InChI is InChI=1S/C16H26N2O2S/c1-12(2)17(13(3)4)9-6-10-21-15-7-8-16(18(19)20)14(5)11-15/h7-8,11-13H,6,9-10H2,1-5H3. The second kappa shape index (κ2) is 8.39. The minimum absolute atomic E-state index is 0.199. The Morgan fingerprint density at radius 2 is 1.86 bits per heavy atom. The van der Waals surface area contributed by atoms with Crippen LogP contribution < -0.4 is 0 Å². The van der Waals surface area contributed by atoms with Crippen molar-refractivity contribution in [3.8, 4) is 0 Å². The number of aryl methyl sites for hydroxylation is 1. The van der Waals surface area contributed by atoms with Crippen LogP contribution in [-0.2, 0) is 0 Å². The zero-order valence-electron chi connectivity index (χ0n) is 13.6. The molecule has 0 aliphatic heterocycles. The Morgan fingerprint density at radius 3 is 2.33 bits per heavy atom. The van der Waals surface area contributed by atoms with E-state index < -0.39 is 0 Å². The normalized spacial score (nSPS) is 11.6. The van der Waals surface area contributed by atoms with E-state index in [2.05, 4.69) is 32.6 Å². The smallest absolute Gasteiger partial charge is 0.272 e. The molecule has 0 spiro atoms. The molecule has 0 saturated carbocycles. The van der Waals surface area contributed by atoms with Gasteiger partial charge in [-0.3, -0.25) is 15.0 Å². The van der Waals surface area contributed by atoms with Gasteiger partial charge in [0.25, 0.3) is 5.69 Å². The third-order valence-corrected chi connectivity index (χ3v) is 4.60. The Bertz CT molecular complexity index is 467. The van der Waals surface area contributed by atoms with Crippen molar-refractivity contribution in [1.29, 1.82) is 0 Å². The first-order valence-electron chi connectivity index (χ1n) is 7.46. The average molecular weight is 310 g/mol. The molecule has 5 heteroatoms. The van der Waals surface area contributed by atoms with Crippen molar-refractivity contribution in [2.45, 2.75) is 58.0 Å². The van der Waals surface area contributed by atoms with Gasteiger partial charge in [-0.05, 0) is 65.5 Å². The quantitative estimate of drug-likeness (QED) is 0.307. The number of nitro benzene ring substituents is 1. The summed E-state index contributed by atoms with van der Waals surface area (Å²) >= 11 is 1.77. The Kier molecular flexibility index (Phi) is 7.18. The van der Waals surface area contributed by atoms with Gasteiger partial charge in [-0.1, -0.05) is 0 Å². The maximum absolute atomic E-state index is 10.8. The molecule has 118 valence electrons. The van der Waals surface area contributed by atoms with E-state index in [9.17, 15) is 10.1 Å². The molecule has 4 nitrogen and oxygen atoms in total. The van der Waals surface area contributed by atoms with Crippen LogP contribution in [0.5, 0.6) is 0 Å². The summed E-state index contributed by atoms with van der Waals surface area (Å²) in [5, 5.41) is 10.8. The molecule has 0 N–H and O–H groups in total. The molecule has 1 rings (SSSR count). The maximum Gasteiger partial charge on any atom is 0.272 e. The van der Waals surface area contributed by atoms with Crippen LogP contribution >= 0.6 is 11.8 Å². The largest absolute Gasteiger partial charge is 0.299 e. The summed E-state index contributed by atoms with van der Waals surface area (Å²) in [5.41, 5.74) is 0.932. The van der Waals surface area contributed by atoms with E-state index in [-0.39, 0.29) is 10.6 Å². The van der Waals surface area contributed by atoms with Gasteiger partial charge in [-0.25, -0.2) is 0 Å². The van der Waals surface area contributed by atoms with Crippen molar-refractivity contribution in [1.82, 2.24) is 4.90 Å². The van der Waals surface area contributed by atoms with Gasteiger partial charge in [0.1, 0.15) is 0 Å². The van der Waals surface area contributed by atoms with Crippen LogP contribution in [0.4, 0.5) is 5.69 Å². The second-order valence-electron chi connectivity index (χ2n) is 5.83. The van der Waals surface area contributed by atoms with E-state index in [0.29, 0.717) is 12.1 Å². The lowest BCUT2D eigenvalue weighted by Gasteiger charge is -2.30. The molecule has 0 amide bonds. The lowest BCUT2D eigenvalue weighted by molar-refractivity contribution is -0.385. The summed E-state index contributed by atoms with van der Waals surface area (Å²) in [5.74, 6) is 1.03. The minimum atomic E-state index is -0.326. The summed E-state index contributed by atoms with van der Waals surface area (Å²) in [6.07, 6.45) is 1.12. The first kappa shape index (κ1) is 18.0. The number of nitro groups is 1. The molecule has 0 radical (unpaired) electrons. The topological polar surface area (TPSA) is 46.4 Å². The second-order valence-corrected chi connectivity index (χ2v) is 7.00. The molecule has 1 aromatic carbocycles. The lowest BCUT2D eigenvalue weighted by Crippen LogP contribution is -2.37. The molecule has 0 aliphatic carbocycles. The van der Waals surface area contributed by atoms with Gasteiger partial charge in [0.2, 0.25) is 0 Å². The van der Waals surface area contributed by atoms with Gasteiger partial charge in [0.05, 0.1) is 4.92 Å². The van der Waals surface area contributed by atoms with E-state index in [4.69, 9.17) is 0 Å². The number of hydrogen-bond acceptors (Lipinski definition) is 4. The molecule has 21 heavy (non-hydrogen) atoms. The van der Waals surface area contributed by atoms with Crippen LogP contribution in [0.25, 0.3) is 0 Å². The van der Waals surface area contributed by atoms with E-state index in [0.717, 1.165) is 29.2 Å². The van der Waals surface area contributed by atoms with Crippen LogP contribution in [-0.4, -0.2) is 34.2 Å². The summed E-state index contributed by atoms with van der Waals surface area (Å²) in [6, 6.07) is 6.49. The predicted octanol–water partition coefficient (Wildman–Crippen LogP) is 4.50. The molecule has 0 aliphatic rings. The van der Waals surface area contributed by atoms with Crippen molar-refractivity contribution in [3.63, 3.8) is 0 Å². The Balaban J connectivity index is 2.46. The van der Waals surface area contributed by atoms with Crippen LogP contribution in [0, 0.1) is 17.0 Å². The fourth-order valence-corrected chi connectivity index (χ4v) is 3.41. The fourth-order valence-electron chi connectivity index (χ4n) is 2.47. The number of nitrogens with zero attached hydrogens (tertiary/aromatic N) is 2. The van der Waals surface area contributed by atoms with Crippen LogP contribution in [0.2, 0.25) is 0 Å². The molecule has 0 atom stereocenters. The monoisotopic (exact) mass is 310 g/mol. The van der Waals surface area contributed by atoms with E-state index in [1.807, 2.05) is 12.1 Å². The van der Waals surface area contributed by atoms with E-state index in [1.54, 1.807) is 24.8 Å². The lowest BCUT2D eigenvalue weighted by atomic mass is 10.2. The molecule has 0 unspecified atom stereocenters. The summed E-state index contributed by atoms with van der Waals surface area (Å²) in [7, 11) is 0. The summed E-state index contributed by atoms with van der Waals surface area (Å²) in [4.78, 5) is 14.1. The van der Waals surface area contributed by atoms with Crippen molar-refractivity contribution in [3.05, 3.63) is 33.9 Å². The van der Waals surface area contributed by atoms with Gasteiger partial charge in [0.15, 0.2) is 0 Å². The van der Waals surface area contributed by atoms with Crippen molar-refractivity contribution in [2.75, 3.05) is 12.3 Å². The van der Waals surface area contributed by atoms with Crippen molar-refractivity contribution >= 4 is 17.4 Å². The highest BCUT2D eigenvalue weighted by atomic mass is 32.2. The maximum atomic E-state index is 10.8. The van der Waals surface area contributed by atoms with Gasteiger partial charge < -0.3 is 0 Å². The van der Waals surface area contributed by atoms with Gasteiger partial charge >= 0.3 is 0 Å². The van der Waals surface area contributed by atoms with Crippen LogP contribution in [0.3, 0.4) is 0 Å². The fraction of sp³-hybridized carbons (Fsp3) is 0.625. The number of hydrogen-bond donors (Lipinski definition) is 0. The van der Waals surface area contributed by atoms with Gasteiger partial charge in [0, 0.05) is 28.6 Å². The van der Waals surface area contributed by atoms with Crippen LogP contribution in [0.15, 0.2) is 23.1 Å². The highest BCUT2D eigenvalue weighted by Gasteiger charge is 2.13. The zero-order chi connectivity index (χ0) is 16.0. The third-order valence-electron chi connectivity index (χ3n) is 3.52. The van der Waals surface area contributed by atoms with Crippen LogP contribution in [0.1, 0.15) is 39.7 Å². The van der Waals surface area contributed by atoms with Crippen molar-refractivity contribution in [2.24, 2.45) is 0 Å². The molecule has 0 bridgehead atoms. The molecule has 0 fully saturated rings. The number of thioether (sulfide) groups is 1. The predicted molar refractivity (Wildman–Crippen MR) is 90.2 cm³/mol. The molecular weight excluding hydrogens is 284 g/mol. The Morgan fingerprint density at radius 1 is 1.24 bits per heavy atom. The first-order chi connectivity index (χ1) is 9.82. The number of benzene rings is 1. The highest BCUT2D eigenvalue weighted by molar-refractivity contribution is 7.99. The first-order valence-corrected chi connectivity index (χ1v) is 8.45. The van der Waals surface area contributed by atoms with E-state index in [1.165, 1.54) is 0 Å². The molecular formula is C16H26N2O2S. The van der Waals surface area contributed by atoms with Crippen molar-refractivity contribution < 1.29 is 4.92 Å². The van der Waals surface area contributed by atoms with Gasteiger partial charge in [-0.15, -0.1) is 11.8 Å². The molecule has 0 heterocycles. The average Bonchev–Trinajstić information content (AvgIpc) is 2.37. The summed E-state index contributed by atoms with van der Waals surface area (Å²) in [6.45, 7) is 11.8. The SMILES string of the molecule is Cc1cc(SCCCN(C(C)C)C(C)C)ccc1[N+](=O)[O-]. The summed E-state index contributed by atoms with van der Waals surface area (Å²) < 4.78 is 0. The van der Waals surface area contributed by atoms with Gasteiger partial charge in [-0.2, -0.15) is 0 Å². The van der Waals surface area contributed by atoms with E-state index >= 15 is 0 Å². The minimum Gasteiger partial charge on any atom is -0.299 e. The third kappa shape index (κ3) is 5.67. The number of rotatable bonds is 8. The molecule has 1 aromatic rings. The Hall–Kier alpha value is -1.07. The highest BCUT2D eigenvalue weighted by Crippen LogP contribution is 2.25. The Labute approximate surface area is 132 Å². The molecule has 0 saturated heterocycles. The zero-order valence-corrected chi connectivity index (χ0v) is 14.4. The molecule has 0 aromatic heterocycles.